The third-order valence-electron chi connectivity index (χ3n) is 4.23. The summed E-state index contributed by atoms with van der Waals surface area (Å²) in [5.41, 5.74) is 0.650. The van der Waals surface area contributed by atoms with Crippen LogP contribution >= 0.6 is 0 Å². The average molecular weight is 345 g/mol. The number of rotatable bonds is 5. The van der Waals surface area contributed by atoms with Crippen LogP contribution in [-0.2, 0) is 11.3 Å². The summed E-state index contributed by atoms with van der Waals surface area (Å²) >= 11 is 0. The summed E-state index contributed by atoms with van der Waals surface area (Å²) in [6, 6.07) is 5.81. The largest absolute Gasteiger partial charge is 0.347 e. The first kappa shape index (κ1) is 17.0. The van der Waals surface area contributed by atoms with E-state index in [0.29, 0.717) is 23.8 Å². The molecule has 1 amide bonds. The highest BCUT2D eigenvalue weighted by molar-refractivity contribution is 5.81. The lowest BCUT2D eigenvalue weighted by molar-refractivity contribution is -0.384. The highest BCUT2D eigenvalue weighted by atomic mass is 16.6. The van der Waals surface area contributed by atoms with Crippen LogP contribution in [0.4, 0.5) is 5.69 Å². The van der Waals surface area contributed by atoms with Gasteiger partial charge in [-0.15, -0.1) is 0 Å². The molecule has 1 aliphatic heterocycles. The predicted molar refractivity (Wildman–Crippen MR) is 88.5 cm³/mol. The highest BCUT2D eigenvalue weighted by Crippen LogP contribution is 2.23. The van der Waals surface area contributed by atoms with Crippen LogP contribution in [-0.4, -0.2) is 57.5 Å². The molecule has 1 atom stereocenters. The number of carbonyl (C=O) groups is 1. The Labute approximate surface area is 144 Å². The lowest BCUT2D eigenvalue weighted by Gasteiger charge is -2.24. The van der Waals surface area contributed by atoms with Crippen molar-refractivity contribution in [3.05, 3.63) is 40.3 Å². The number of carbonyl (C=O) groups excluding carboxylic acids is 1. The lowest BCUT2D eigenvalue weighted by Crippen LogP contribution is -2.42. The Bertz CT molecular complexity index is 771. The van der Waals surface area contributed by atoms with E-state index in [2.05, 4.69) is 10.1 Å². The smallest absolute Gasteiger partial charge is 0.269 e. The van der Waals surface area contributed by atoms with E-state index in [-0.39, 0.29) is 17.6 Å². The van der Waals surface area contributed by atoms with Crippen molar-refractivity contribution in [1.82, 2.24) is 19.9 Å². The molecule has 0 radical (unpaired) electrons. The summed E-state index contributed by atoms with van der Waals surface area (Å²) in [6.45, 7) is 1.21. The van der Waals surface area contributed by atoms with Gasteiger partial charge in [0.1, 0.15) is 0 Å². The molecule has 25 heavy (non-hydrogen) atoms. The average Bonchev–Trinajstić information content (AvgIpc) is 3.24. The molecule has 9 heteroatoms. The number of likely N-dealkylation sites (tertiary alicyclic amines) is 1. The Morgan fingerprint density at radius 3 is 2.76 bits per heavy atom. The predicted octanol–water partition coefficient (Wildman–Crippen LogP) is 1.70. The molecule has 0 aliphatic carbocycles. The Morgan fingerprint density at radius 2 is 2.12 bits per heavy atom. The monoisotopic (exact) mass is 345 g/mol. The molecule has 9 nitrogen and oxygen atoms in total. The first-order chi connectivity index (χ1) is 12.0. The number of benzene rings is 1. The molecular weight excluding hydrogens is 326 g/mol. The summed E-state index contributed by atoms with van der Waals surface area (Å²) in [5.74, 6) is 0.874. The van der Waals surface area contributed by atoms with Gasteiger partial charge in [-0.05, 0) is 31.5 Å². The molecule has 1 aromatic carbocycles. The molecule has 0 spiro atoms. The summed E-state index contributed by atoms with van der Waals surface area (Å²) in [6.07, 6.45) is 1.77. The minimum atomic E-state index is -0.458. The number of non-ortho nitro benzene ring substituents is 1. The van der Waals surface area contributed by atoms with Crippen molar-refractivity contribution in [1.29, 1.82) is 0 Å². The Hall–Kier alpha value is -2.81. The van der Waals surface area contributed by atoms with Crippen LogP contribution in [0.1, 0.15) is 18.7 Å². The first-order valence-electron chi connectivity index (χ1n) is 7.98. The van der Waals surface area contributed by atoms with Crippen molar-refractivity contribution < 1.29 is 14.2 Å². The van der Waals surface area contributed by atoms with Crippen molar-refractivity contribution in [3.63, 3.8) is 0 Å². The van der Waals surface area contributed by atoms with E-state index in [1.165, 1.54) is 12.1 Å². The van der Waals surface area contributed by atoms with Gasteiger partial charge in [0.2, 0.25) is 17.6 Å². The van der Waals surface area contributed by atoms with Crippen LogP contribution in [0.5, 0.6) is 0 Å². The molecule has 1 saturated heterocycles. The standard InChI is InChI=1S/C16H19N5O4/c1-19(2)16(22)13-4-3-9-20(13)10-14-17-15(18-25-14)11-5-7-12(8-6-11)21(23)24/h5-8,13H,3-4,9-10H2,1-2H3. The fraction of sp³-hybridized carbons (Fsp3) is 0.438. The van der Waals surface area contributed by atoms with Crippen LogP contribution in [0, 0.1) is 10.1 Å². The number of hydrogen-bond donors (Lipinski definition) is 0. The zero-order valence-electron chi connectivity index (χ0n) is 14.1. The van der Waals surface area contributed by atoms with Gasteiger partial charge in [0.05, 0.1) is 17.5 Å². The molecule has 0 N–H and O–H groups in total. The number of nitro groups is 1. The van der Waals surface area contributed by atoms with E-state index in [9.17, 15) is 14.9 Å². The van der Waals surface area contributed by atoms with E-state index >= 15 is 0 Å². The minimum Gasteiger partial charge on any atom is -0.347 e. The van der Waals surface area contributed by atoms with Gasteiger partial charge in [0, 0.05) is 31.8 Å². The van der Waals surface area contributed by atoms with Crippen molar-refractivity contribution in [2.75, 3.05) is 20.6 Å². The second kappa shape index (κ2) is 6.98. The van der Waals surface area contributed by atoms with Gasteiger partial charge in [-0.2, -0.15) is 4.98 Å². The number of amides is 1. The summed E-state index contributed by atoms with van der Waals surface area (Å²) in [7, 11) is 3.50. The van der Waals surface area contributed by atoms with Crippen LogP contribution in [0.2, 0.25) is 0 Å². The number of aromatic nitrogens is 2. The van der Waals surface area contributed by atoms with Crippen molar-refractivity contribution in [2.45, 2.75) is 25.4 Å². The lowest BCUT2D eigenvalue weighted by atomic mass is 10.2. The zero-order valence-corrected chi connectivity index (χ0v) is 14.1. The van der Waals surface area contributed by atoms with Gasteiger partial charge in [0.25, 0.3) is 5.69 Å². The second-order valence-corrected chi connectivity index (χ2v) is 6.18. The maximum Gasteiger partial charge on any atom is 0.269 e. The molecule has 1 fully saturated rings. The van der Waals surface area contributed by atoms with Crippen molar-refractivity contribution in [2.24, 2.45) is 0 Å². The molecular formula is C16H19N5O4. The van der Waals surface area contributed by atoms with Gasteiger partial charge in [-0.3, -0.25) is 19.8 Å². The van der Waals surface area contributed by atoms with E-state index in [4.69, 9.17) is 4.52 Å². The van der Waals surface area contributed by atoms with Crippen LogP contribution in [0.15, 0.2) is 28.8 Å². The van der Waals surface area contributed by atoms with Gasteiger partial charge in [0.15, 0.2) is 0 Å². The zero-order chi connectivity index (χ0) is 18.0. The van der Waals surface area contributed by atoms with E-state index in [1.54, 1.807) is 31.1 Å². The van der Waals surface area contributed by atoms with E-state index < -0.39 is 4.92 Å². The fourth-order valence-electron chi connectivity index (χ4n) is 2.94. The molecule has 0 saturated carbocycles. The fourth-order valence-corrected chi connectivity index (χ4v) is 2.94. The number of nitrogens with zero attached hydrogens (tertiary/aromatic N) is 5. The summed E-state index contributed by atoms with van der Waals surface area (Å²) < 4.78 is 5.29. The molecule has 132 valence electrons. The molecule has 1 aliphatic rings. The van der Waals surface area contributed by atoms with Gasteiger partial charge in [-0.25, -0.2) is 0 Å². The molecule has 1 aromatic heterocycles. The third kappa shape index (κ3) is 3.66. The van der Waals surface area contributed by atoms with Gasteiger partial charge < -0.3 is 9.42 Å². The maximum absolute atomic E-state index is 12.2. The Balaban J connectivity index is 1.71. The summed E-state index contributed by atoms with van der Waals surface area (Å²) in [5, 5.41) is 14.6. The normalized spacial score (nSPS) is 17.6. The minimum absolute atomic E-state index is 0.00887. The van der Waals surface area contributed by atoms with Crippen molar-refractivity contribution >= 4 is 11.6 Å². The molecule has 0 bridgehead atoms. The van der Waals surface area contributed by atoms with E-state index in [0.717, 1.165) is 19.4 Å². The Kier molecular flexibility index (Phi) is 4.75. The second-order valence-electron chi connectivity index (χ2n) is 6.18. The highest BCUT2D eigenvalue weighted by Gasteiger charge is 2.32. The molecule has 1 unspecified atom stereocenters. The quantitative estimate of drug-likeness (QED) is 0.600. The maximum atomic E-state index is 12.2. The van der Waals surface area contributed by atoms with Crippen LogP contribution in [0.25, 0.3) is 11.4 Å². The number of hydrogen-bond acceptors (Lipinski definition) is 7. The summed E-state index contributed by atoms with van der Waals surface area (Å²) in [4.78, 5) is 30.4. The van der Waals surface area contributed by atoms with Crippen molar-refractivity contribution in [3.8, 4) is 11.4 Å². The molecule has 2 heterocycles. The third-order valence-corrected chi connectivity index (χ3v) is 4.23. The molecule has 3 rings (SSSR count). The number of likely N-dealkylation sites (N-methyl/N-ethyl adjacent to an activating group) is 1. The SMILES string of the molecule is CN(C)C(=O)C1CCCN1Cc1nc(-c2ccc([N+](=O)[O-])cc2)no1. The number of nitro benzene ring substituents is 1. The van der Waals surface area contributed by atoms with E-state index in [1.807, 2.05) is 4.90 Å². The Morgan fingerprint density at radius 1 is 1.40 bits per heavy atom. The topological polar surface area (TPSA) is 106 Å². The first-order valence-corrected chi connectivity index (χ1v) is 7.98. The van der Waals surface area contributed by atoms with Crippen LogP contribution in [0.3, 0.4) is 0 Å². The van der Waals surface area contributed by atoms with Crippen LogP contribution < -0.4 is 0 Å². The molecule has 2 aromatic rings. The van der Waals surface area contributed by atoms with Gasteiger partial charge in [-0.1, -0.05) is 5.16 Å². The van der Waals surface area contributed by atoms with Gasteiger partial charge >= 0.3 is 0 Å².